The molecule has 2 saturated heterocycles. The van der Waals surface area contributed by atoms with Crippen molar-refractivity contribution in [2.24, 2.45) is 0 Å². The van der Waals surface area contributed by atoms with Crippen molar-refractivity contribution < 1.29 is 14.3 Å². The molecule has 2 fully saturated rings. The van der Waals surface area contributed by atoms with E-state index in [1.807, 2.05) is 9.80 Å². The van der Waals surface area contributed by atoms with E-state index in [-0.39, 0.29) is 23.6 Å². The van der Waals surface area contributed by atoms with Crippen molar-refractivity contribution >= 4 is 5.91 Å². The number of aromatic hydroxyl groups is 1. The number of likely N-dealkylation sites (tertiary alicyclic amines) is 2. The molecule has 2 aromatic carbocycles. The zero-order valence-corrected chi connectivity index (χ0v) is 16.2. The molecule has 0 spiro atoms. The molecule has 2 aromatic rings. The number of carbonyl (C=O) groups is 1. The summed E-state index contributed by atoms with van der Waals surface area (Å²) in [4.78, 5) is 16.8. The summed E-state index contributed by atoms with van der Waals surface area (Å²) >= 11 is 0. The van der Waals surface area contributed by atoms with Gasteiger partial charge in [0.05, 0.1) is 6.04 Å². The number of nitrogens with zero attached hydrogens (tertiary/aromatic N) is 2. The normalized spacial score (nSPS) is 26.0. The van der Waals surface area contributed by atoms with Crippen LogP contribution in [0.25, 0.3) is 0 Å². The van der Waals surface area contributed by atoms with Crippen LogP contribution < -0.4 is 0 Å². The maximum Gasteiger partial charge on any atom is 0.240 e. The Bertz CT molecular complexity index is 822. The van der Waals surface area contributed by atoms with Gasteiger partial charge in [-0.25, -0.2) is 4.39 Å². The van der Waals surface area contributed by atoms with E-state index >= 15 is 0 Å². The average Bonchev–Trinajstić information content (AvgIpc) is 3.05. The Hall–Kier alpha value is -2.40. The van der Waals surface area contributed by atoms with Crippen molar-refractivity contribution in [2.75, 3.05) is 19.6 Å². The summed E-state index contributed by atoms with van der Waals surface area (Å²) in [5.41, 5.74) is 3.26. The Labute approximate surface area is 165 Å². The second-order valence-corrected chi connectivity index (χ2v) is 8.05. The largest absolute Gasteiger partial charge is 0.508 e. The standard InChI is InChI=1S/C23H27FN2O2/c1-16-2-4-17(5-3-16)14-26-13-11-22(23(26)28)25-12-10-20(21(24)15-25)18-6-8-19(27)9-7-18/h2-9,20-22,27H,10-15H2,1H3/t20-,21-,22?/m1/s1. The lowest BCUT2D eigenvalue weighted by Gasteiger charge is -2.37. The lowest BCUT2D eigenvalue weighted by molar-refractivity contribution is -0.133. The second-order valence-electron chi connectivity index (χ2n) is 8.05. The molecule has 3 atom stereocenters. The predicted octanol–water partition coefficient (Wildman–Crippen LogP) is 3.63. The van der Waals surface area contributed by atoms with E-state index < -0.39 is 6.17 Å². The van der Waals surface area contributed by atoms with Crippen LogP contribution in [0.15, 0.2) is 48.5 Å². The van der Waals surface area contributed by atoms with E-state index in [9.17, 15) is 14.3 Å². The summed E-state index contributed by atoms with van der Waals surface area (Å²) in [6, 6.07) is 14.9. The number of benzene rings is 2. The Morgan fingerprint density at radius 1 is 1.04 bits per heavy atom. The SMILES string of the molecule is Cc1ccc(CN2CCC(N3CC[C@H](c4ccc(O)cc4)[C@H](F)C3)C2=O)cc1. The molecule has 2 heterocycles. The molecule has 28 heavy (non-hydrogen) atoms. The summed E-state index contributed by atoms with van der Waals surface area (Å²) < 4.78 is 14.9. The molecule has 1 unspecified atom stereocenters. The number of rotatable bonds is 4. The molecular weight excluding hydrogens is 355 g/mol. The zero-order valence-electron chi connectivity index (χ0n) is 16.2. The number of amides is 1. The number of alkyl halides is 1. The van der Waals surface area contributed by atoms with Crippen LogP contribution in [0.2, 0.25) is 0 Å². The van der Waals surface area contributed by atoms with Crippen LogP contribution in [-0.4, -0.2) is 52.7 Å². The van der Waals surface area contributed by atoms with E-state index in [2.05, 4.69) is 31.2 Å². The van der Waals surface area contributed by atoms with Gasteiger partial charge in [0.25, 0.3) is 0 Å². The first-order chi connectivity index (χ1) is 13.5. The summed E-state index contributed by atoms with van der Waals surface area (Å²) in [7, 11) is 0. The third kappa shape index (κ3) is 3.90. The quantitative estimate of drug-likeness (QED) is 0.878. The van der Waals surface area contributed by atoms with Crippen LogP contribution in [0.3, 0.4) is 0 Å². The highest BCUT2D eigenvalue weighted by atomic mass is 19.1. The van der Waals surface area contributed by atoms with Crippen LogP contribution in [0.1, 0.15) is 35.4 Å². The first kappa shape index (κ1) is 18.9. The number of phenols is 1. The number of aryl methyl sites for hydroxylation is 1. The molecule has 0 bridgehead atoms. The Morgan fingerprint density at radius 2 is 1.75 bits per heavy atom. The number of halogens is 1. The Balaban J connectivity index is 1.37. The highest BCUT2D eigenvalue weighted by molar-refractivity contribution is 5.84. The summed E-state index contributed by atoms with van der Waals surface area (Å²) in [6.07, 6.45) is 0.451. The smallest absolute Gasteiger partial charge is 0.240 e. The molecule has 1 N–H and O–H groups in total. The number of hydrogen-bond donors (Lipinski definition) is 1. The number of piperidine rings is 1. The summed E-state index contributed by atoms with van der Waals surface area (Å²) in [6.45, 7) is 4.42. The highest BCUT2D eigenvalue weighted by Gasteiger charge is 2.40. The van der Waals surface area contributed by atoms with Gasteiger partial charge in [0.2, 0.25) is 5.91 Å². The van der Waals surface area contributed by atoms with Crippen molar-refractivity contribution in [1.29, 1.82) is 0 Å². The maximum absolute atomic E-state index is 14.9. The first-order valence-corrected chi connectivity index (χ1v) is 10.0. The third-order valence-electron chi connectivity index (χ3n) is 6.10. The third-order valence-corrected chi connectivity index (χ3v) is 6.10. The Kier molecular flexibility index (Phi) is 5.36. The van der Waals surface area contributed by atoms with E-state index in [0.717, 1.165) is 30.6 Å². The molecule has 2 aliphatic heterocycles. The first-order valence-electron chi connectivity index (χ1n) is 10.0. The van der Waals surface area contributed by atoms with Crippen molar-refractivity contribution in [3.8, 4) is 5.75 Å². The van der Waals surface area contributed by atoms with Gasteiger partial charge in [0, 0.05) is 25.6 Å². The topological polar surface area (TPSA) is 43.8 Å². The molecule has 5 heteroatoms. The van der Waals surface area contributed by atoms with E-state index in [0.29, 0.717) is 19.5 Å². The van der Waals surface area contributed by atoms with Crippen LogP contribution in [0, 0.1) is 6.92 Å². The van der Waals surface area contributed by atoms with Gasteiger partial charge in [0.15, 0.2) is 0 Å². The lowest BCUT2D eigenvalue weighted by Crippen LogP contribution is -2.49. The minimum Gasteiger partial charge on any atom is -0.508 e. The fraction of sp³-hybridized carbons (Fsp3) is 0.435. The fourth-order valence-corrected chi connectivity index (χ4v) is 4.44. The van der Waals surface area contributed by atoms with Crippen LogP contribution in [0.4, 0.5) is 4.39 Å². The molecule has 2 aliphatic rings. The monoisotopic (exact) mass is 382 g/mol. The lowest BCUT2D eigenvalue weighted by atomic mass is 9.87. The van der Waals surface area contributed by atoms with Gasteiger partial charge < -0.3 is 10.0 Å². The number of hydrogen-bond acceptors (Lipinski definition) is 3. The van der Waals surface area contributed by atoms with E-state index in [1.165, 1.54) is 5.56 Å². The fourth-order valence-electron chi connectivity index (χ4n) is 4.44. The molecule has 0 aromatic heterocycles. The minimum atomic E-state index is -1.00. The van der Waals surface area contributed by atoms with Gasteiger partial charge in [-0.1, -0.05) is 42.0 Å². The molecule has 0 saturated carbocycles. The molecule has 1 amide bonds. The van der Waals surface area contributed by atoms with Crippen LogP contribution in [-0.2, 0) is 11.3 Å². The number of phenolic OH excluding ortho intramolecular Hbond substituents is 1. The van der Waals surface area contributed by atoms with Gasteiger partial charge in [-0.2, -0.15) is 0 Å². The van der Waals surface area contributed by atoms with Crippen molar-refractivity contribution in [1.82, 2.24) is 9.80 Å². The van der Waals surface area contributed by atoms with E-state index in [4.69, 9.17) is 0 Å². The molecule has 0 radical (unpaired) electrons. The Morgan fingerprint density at radius 3 is 2.43 bits per heavy atom. The van der Waals surface area contributed by atoms with Crippen molar-refractivity contribution in [3.05, 3.63) is 65.2 Å². The predicted molar refractivity (Wildman–Crippen MR) is 107 cm³/mol. The van der Waals surface area contributed by atoms with Crippen molar-refractivity contribution in [3.63, 3.8) is 0 Å². The number of carbonyl (C=O) groups excluding carboxylic acids is 1. The second kappa shape index (κ2) is 7.92. The van der Waals surface area contributed by atoms with Gasteiger partial charge in [-0.15, -0.1) is 0 Å². The molecule has 4 nitrogen and oxygen atoms in total. The zero-order chi connectivity index (χ0) is 19.7. The maximum atomic E-state index is 14.9. The van der Waals surface area contributed by atoms with Crippen molar-refractivity contribution in [2.45, 2.75) is 44.4 Å². The molecular formula is C23H27FN2O2. The van der Waals surface area contributed by atoms with E-state index in [1.54, 1.807) is 24.3 Å². The van der Waals surface area contributed by atoms with Gasteiger partial charge >= 0.3 is 0 Å². The van der Waals surface area contributed by atoms with Crippen LogP contribution in [0.5, 0.6) is 5.75 Å². The van der Waals surface area contributed by atoms with Gasteiger partial charge in [-0.05, 0) is 49.6 Å². The van der Waals surface area contributed by atoms with Crippen LogP contribution >= 0.6 is 0 Å². The summed E-state index contributed by atoms with van der Waals surface area (Å²) in [5.74, 6) is 0.148. The molecule has 148 valence electrons. The molecule has 4 rings (SSSR count). The summed E-state index contributed by atoms with van der Waals surface area (Å²) in [5, 5.41) is 9.44. The minimum absolute atomic E-state index is 0.121. The molecule has 0 aliphatic carbocycles. The average molecular weight is 382 g/mol. The highest BCUT2D eigenvalue weighted by Crippen LogP contribution is 2.33. The van der Waals surface area contributed by atoms with Gasteiger partial charge in [-0.3, -0.25) is 9.69 Å². The van der Waals surface area contributed by atoms with Gasteiger partial charge in [0.1, 0.15) is 11.9 Å².